The van der Waals surface area contributed by atoms with Crippen LogP contribution in [0.4, 0.5) is 10.5 Å². The van der Waals surface area contributed by atoms with E-state index >= 15 is 0 Å². The van der Waals surface area contributed by atoms with E-state index in [9.17, 15) is 14.9 Å². The summed E-state index contributed by atoms with van der Waals surface area (Å²) in [5.74, 6) is -0.150. The number of ether oxygens (including phenoxy) is 1. The van der Waals surface area contributed by atoms with E-state index in [0.29, 0.717) is 0 Å². The van der Waals surface area contributed by atoms with Crippen LogP contribution in [0.2, 0.25) is 0 Å². The highest BCUT2D eigenvalue weighted by Crippen LogP contribution is 2.26. The predicted molar refractivity (Wildman–Crippen MR) is 62.4 cm³/mol. The van der Waals surface area contributed by atoms with Gasteiger partial charge in [-0.25, -0.2) is 4.79 Å². The van der Waals surface area contributed by atoms with Crippen molar-refractivity contribution in [3.05, 3.63) is 34.4 Å². The summed E-state index contributed by atoms with van der Waals surface area (Å²) in [5.41, 5.74) is -0.301. The molecule has 6 nitrogen and oxygen atoms in total. The first-order valence-corrected chi connectivity index (χ1v) is 5.49. The third-order valence-electron chi connectivity index (χ3n) is 1.81. The zero-order valence-corrected chi connectivity index (χ0v) is 10.0. The van der Waals surface area contributed by atoms with Gasteiger partial charge in [-0.2, -0.15) is 0 Å². The zero-order chi connectivity index (χ0) is 12.8. The molecule has 0 aliphatic rings. The molecule has 0 radical (unpaired) electrons. The monoisotopic (exact) mass is 278 g/mol. The Morgan fingerprint density at radius 3 is 2.47 bits per heavy atom. The molecule has 0 unspecified atom stereocenters. The Bertz CT molecular complexity index is 423. The smallest absolute Gasteiger partial charge is 0.403 e. The third kappa shape index (κ3) is 3.47. The Labute approximate surface area is 107 Å². The maximum Gasteiger partial charge on any atom is 0.417 e. The number of nitro benzene ring substituents is 1. The number of nitro groups is 1. The Hall–Kier alpha value is -1.53. The standard InChI is InChI=1S/C9H8Cl2N2O4/c10-5-12(6-11)9(14)17-8-4-2-1-3-7(8)13(15)16/h1-4H,5-6H2. The second-order valence-electron chi connectivity index (χ2n) is 2.87. The maximum atomic E-state index is 11.5. The molecule has 0 aliphatic heterocycles. The number of hydrogen-bond acceptors (Lipinski definition) is 4. The van der Waals surface area contributed by atoms with E-state index in [1.807, 2.05) is 0 Å². The van der Waals surface area contributed by atoms with Crippen molar-refractivity contribution < 1.29 is 14.5 Å². The molecule has 0 N–H and O–H groups in total. The number of alkyl halides is 2. The molecule has 0 heterocycles. The molecule has 0 fully saturated rings. The molecule has 1 amide bonds. The summed E-state index contributed by atoms with van der Waals surface area (Å²) in [6.07, 6.45) is -0.843. The first-order chi connectivity index (χ1) is 8.10. The fourth-order valence-electron chi connectivity index (χ4n) is 0.982. The Kier molecular flexibility index (Phi) is 4.99. The van der Waals surface area contributed by atoms with Crippen molar-refractivity contribution in [1.29, 1.82) is 0 Å². The number of amides is 1. The lowest BCUT2D eigenvalue weighted by Gasteiger charge is -2.15. The van der Waals surface area contributed by atoms with Crippen LogP contribution in [-0.4, -0.2) is 27.9 Å². The van der Waals surface area contributed by atoms with Gasteiger partial charge in [0, 0.05) is 6.07 Å². The number of carbonyl (C=O) groups excluding carboxylic acids is 1. The van der Waals surface area contributed by atoms with Gasteiger partial charge < -0.3 is 4.74 Å². The first kappa shape index (κ1) is 13.5. The van der Waals surface area contributed by atoms with Gasteiger partial charge in [-0.3, -0.25) is 15.0 Å². The van der Waals surface area contributed by atoms with Gasteiger partial charge in [-0.05, 0) is 6.07 Å². The highest BCUT2D eigenvalue weighted by molar-refractivity contribution is 6.21. The molecule has 0 atom stereocenters. The largest absolute Gasteiger partial charge is 0.417 e. The van der Waals surface area contributed by atoms with Crippen molar-refractivity contribution in [3.8, 4) is 5.75 Å². The number of hydrogen-bond donors (Lipinski definition) is 0. The number of nitrogens with zero attached hydrogens (tertiary/aromatic N) is 2. The quantitative estimate of drug-likeness (QED) is 0.367. The molecule has 0 bridgehead atoms. The number of benzene rings is 1. The normalized spacial score (nSPS) is 9.76. The van der Waals surface area contributed by atoms with E-state index in [4.69, 9.17) is 27.9 Å². The van der Waals surface area contributed by atoms with Crippen LogP contribution in [0.25, 0.3) is 0 Å². The van der Waals surface area contributed by atoms with Crippen LogP contribution >= 0.6 is 23.2 Å². The lowest BCUT2D eigenvalue weighted by atomic mass is 10.3. The molecule has 92 valence electrons. The molecule has 0 aliphatic carbocycles. The lowest BCUT2D eigenvalue weighted by Crippen LogP contribution is -2.31. The van der Waals surface area contributed by atoms with Gasteiger partial charge in [-0.15, -0.1) is 23.2 Å². The van der Waals surface area contributed by atoms with Gasteiger partial charge in [0.1, 0.15) is 12.0 Å². The summed E-state index contributed by atoms with van der Waals surface area (Å²) in [4.78, 5) is 22.5. The average molecular weight is 279 g/mol. The second kappa shape index (κ2) is 6.27. The topological polar surface area (TPSA) is 72.7 Å². The van der Waals surface area contributed by atoms with Crippen LogP contribution in [0.1, 0.15) is 0 Å². The average Bonchev–Trinajstić information content (AvgIpc) is 2.31. The van der Waals surface area contributed by atoms with Crippen molar-refractivity contribution in [2.45, 2.75) is 0 Å². The summed E-state index contributed by atoms with van der Waals surface area (Å²) in [6.45, 7) is 0. The minimum Gasteiger partial charge on any atom is -0.403 e. The second-order valence-corrected chi connectivity index (χ2v) is 3.35. The van der Waals surface area contributed by atoms with Gasteiger partial charge in [0.25, 0.3) is 0 Å². The molecule has 0 aromatic heterocycles. The first-order valence-electron chi connectivity index (χ1n) is 4.42. The van der Waals surface area contributed by atoms with Crippen LogP contribution in [0.3, 0.4) is 0 Å². The summed E-state index contributed by atoms with van der Waals surface area (Å²) in [5, 5.41) is 10.7. The fourth-order valence-corrected chi connectivity index (χ4v) is 1.43. The minimum atomic E-state index is -0.843. The Morgan fingerprint density at radius 1 is 1.35 bits per heavy atom. The summed E-state index contributed by atoms with van der Waals surface area (Å²) in [6, 6.07) is 5.20. The Balaban J connectivity index is 2.88. The summed E-state index contributed by atoms with van der Waals surface area (Å²) in [7, 11) is 0. The van der Waals surface area contributed by atoms with E-state index < -0.39 is 11.0 Å². The summed E-state index contributed by atoms with van der Waals surface area (Å²) >= 11 is 10.9. The van der Waals surface area contributed by atoms with E-state index in [-0.39, 0.29) is 23.4 Å². The summed E-state index contributed by atoms with van der Waals surface area (Å²) < 4.78 is 4.83. The fraction of sp³-hybridized carbons (Fsp3) is 0.222. The van der Waals surface area contributed by atoms with Crippen molar-refractivity contribution in [2.24, 2.45) is 0 Å². The molecular weight excluding hydrogens is 271 g/mol. The van der Waals surface area contributed by atoms with Gasteiger partial charge in [-0.1, -0.05) is 12.1 Å². The number of para-hydroxylation sites is 2. The number of halogens is 2. The minimum absolute atomic E-state index is 0.150. The molecule has 1 aromatic carbocycles. The molecule has 8 heteroatoms. The van der Waals surface area contributed by atoms with E-state index in [1.165, 1.54) is 24.3 Å². The highest BCUT2D eigenvalue weighted by Gasteiger charge is 2.20. The molecule has 0 saturated carbocycles. The van der Waals surface area contributed by atoms with Crippen molar-refractivity contribution in [2.75, 3.05) is 12.0 Å². The van der Waals surface area contributed by atoms with Gasteiger partial charge in [0.2, 0.25) is 5.75 Å². The molecule has 0 spiro atoms. The maximum absolute atomic E-state index is 11.5. The number of carbonyl (C=O) groups is 1. The zero-order valence-electron chi connectivity index (χ0n) is 8.51. The van der Waals surface area contributed by atoms with Gasteiger partial charge >= 0.3 is 11.8 Å². The van der Waals surface area contributed by atoms with E-state index in [0.717, 1.165) is 4.90 Å². The van der Waals surface area contributed by atoms with Crippen LogP contribution in [0.15, 0.2) is 24.3 Å². The van der Waals surface area contributed by atoms with Gasteiger partial charge in [0.05, 0.1) is 4.92 Å². The van der Waals surface area contributed by atoms with Crippen molar-refractivity contribution >= 4 is 35.0 Å². The van der Waals surface area contributed by atoms with E-state index in [2.05, 4.69) is 0 Å². The lowest BCUT2D eigenvalue weighted by molar-refractivity contribution is -0.385. The SMILES string of the molecule is O=C(Oc1ccccc1[N+](=O)[O-])N(CCl)CCl. The molecule has 1 rings (SSSR count). The van der Waals surface area contributed by atoms with Gasteiger partial charge in [0.15, 0.2) is 0 Å². The van der Waals surface area contributed by atoms with Crippen molar-refractivity contribution in [3.63, 3.8) is 0 Å². The predicted octanol–water partition coefficient (Wildman–Crippen LogP) is 2.79. The van der Waals surface area contributed by atoms with Crippen molar-refractivity contribution in [1.82, 2.24) is 4.90 Å². The highest BCUT2D eigenvalue weighted by atomic mass is 35.5. The van der Waals surface area contributed by atoms with E-state index in [1.54, 1.807) is 0 Å². The Morgan fingerprint density at radius 2 is 1.94 bits per heavy atom. The molecule has 1 aromatic rings. The van der Waals surface area contributed by atoms with Crippen LogP contribution < -0.4 is 4.74 Å². The molecular formula is C9H8Cl2N2O4. The number of rotatable bonds is 4. The third-order valence-corrected chi connectivity index (χ3v) is 2.38. The molecule has 0 saturated heterocycles. The van der Waals surface area contributed by atoms with Crippen LogP contribution in [0, 0.1) is 10.1 Å². The molecule has 17 heavy (non-hydrogen) atoms. The van der Waals surface area contributed by atoms with Crippen LogP contribution in [0.5, 0.6) is 5.75 Å². The van der Waals surface area contributed by atoms with Crippen LogP contribution in [-0.2, 0) is 0 Å².